The molecule has 0 aliphatic heterocycles. The van der Waals surface area contributed by atoms with Gasteiger partial charge in [0.15, 0.2) is 0 Å². The first-order valence-electron chi connectivity index (χ1n) is 6.11. The molecule has 0 heterocycles. The van der Waals surface area contributed by atoms with Crippen LogP contribution in [0.25, 0.3) is 0 Å². The molecule has 0 spiro atoms. The predicted molar refractivity (Wildman–Crippen MR) is 74.3 cm³/mol. The standard InChI is InChI=1S/C16H16NO2/c1-13(15-10-6-3-7-11-15)17-16(18)19-12-14-8-4-2-5-9-14/h2-11,13H,1,12H2,(H,17,18)/t13-/m0/s1. The summed E-state index contributed by atoms with van der Waals surface area (Å²) in [5.41, 5.74) is 1.90. The van der Waals surface area contributed by atoms with E-state index in [-0.39, 0.29) is 12.6 Å². The maximum atomic E-state index is 11.6. The number of amides is 1. The van der Waals surface area contributed by atoms with Crippen LogP contribution < -0.4 is 5.32 Å². The van der Waals surface area contributed by atoms with E-state index in [0.29, 0.717) is 0 Å². The van der Waals surface area contributed by atoms with Crippen LogP contribution in [0.2, 0.25) is 0 Å². The number of hydrogen-bond donors (Lipinski definition) is 1. The fraction of sp³-hybridized carbons (Fsp3) is 0.125. The molecule has 0 fully saturated rings. The van der Waals surface area contributed by atoms with Gasteiger partial charge in [0.05, 0.1) is 6.04 Å². The van der Waals surface area contributed by atoms with E-state index < -0.39 is 6.09 Å². The lowest BCUT2D eigenvalue weighted by Crippen LogP contribution is -2.27. The fourth-order valence-corrected chi connectivity index (χ4v) is 1.68. The second-order valence-corrected chi connectivity index (χ2v) is 4.17. The molecule has 2 rings (SSSR count). The molecular weight excluding hydrogens is 238 g/mol. The van der Waals surface area contributed by atoms with Crippen LogP contribution in [0, 0.1) is 6.92 Å². The van der Waals surface area contributed by atoms with Crippen LogP contribution in [0.5, 0.6) is 0 Å². The monoisotopic (exact) mass is 254 g/mol. The summed E-state index contributed by atoms with van der Waals surface area (Å²) in [6.45, 7) is 4.15. The SMILES string of the molecule is [CH2][C@H](NC(=O)OCc1ccccc1)c1ccccc1. The Bertz CT molecular complexity index is 511. The van der Waals surface area contributed by atoms with Crippen molar-refractivity contribution in [2.45, 2.75) is 12.6 Å². The summed E-state index contributed by atoms with van der Waals surface area (Å²) in [4.78, 5) is 11.6. The molecule has 0 saturated carbocycles. The van der Waals surface area contributed by atoms with Gasteiger partial charge < -0.3 is 10.1 Å². The molecule has 3 heteroatoms. The van der Waals surface area contributed by atoms with Gasteiger partial charge in [-0.2, -0.15) is 0 Å². The summed E-state index contributed by atoms with van der Waals surface area (Å²) in [7, 11) is 0. The van der Waals surface area contributed by atoms with Crippen molar-refractivity contribution in [3.63, 3.8) is 0 Å². The molecule has 0 aromatic heterocycles. The molecule has 3 nitrogen and oxygen atoms in total. The first-order valence-corrected chi connectivity index (χ1v) is 6.11. The van der Waals surface area contributed by atoms with Crippen molar-refractivity contribution in [1.29, 1.82) is 0 Å². The van der Waals surface area contributed by atoms with Crippen molar-refractivity contribution in [1.82, 2.24) is 5.32 Å². The van der Waals surface area contributed by atoms with Gasteiger partial charge in [-0.05, 0) is 18.1 Å². The first-order chi connectivity index (χ1) is 9.25. The summed E-state index contributed by atoms with van der Waals surface area (Å²) in [5.74, 6) is 0. The molecule has 0 bridgehead atoms. The Hall–Kier alpha value is -2.29. The number of alkyl carbamates (subject to hydrolysis) is 1. The second kappa shape index (κ2) is 6.59. The first kappa shape index (κ1) is 13.1. The van der Waals surface area contributed by atoms with Crippen molar-refractivity contribution >= 4 is 6.09 Å². The molecule has 1 amide bonds. The van der Waals surface area contributed by atoms with Gasteiger partial charge in [0.1, 0.15) is 6.61 Å². The zero-order chi connectivity index (χ0) is 13.5. The van der Waals surface area contributed by atoms with Crippen LogP contribution >= 0.6 is 0 Å². The number of benzene rings is 2. The van der Waals surface area contributed by atoms with E-state index in [2.05, 4.69) is 12.2 Å². The number of hydrogen-bond acceptors (Lipinski definition) is 2. The topological polar surface area (TPSA) is 38.3 Å². The molecule has 1 radical (unpaired) electrons. The van der Waals surface area contributed by atoms with Crippen molar-refractivity contribution in [3.8, 4) is 0 Å². The van der Waals surface area contributed by atoms with Crippen molar-refractivity contribution in [2.75, 3.05) is 0 Å². The van der Waals surface area contributed by atoms with Gasteiger partial charge in [0.2, 0.25) is 0 Å². The van der Waals surface area contributed by atoms with Crippen LogP contribution in [0.15, 0.2) is 60.7 Å². The summed E-state index contributed by atoms with van der Waals surface area (Å²) in [6, 6.07) is 18.8. The highest BCUT2D eigenvalue weighted by molar-refractivity contribution is 5.68. The summed E-state index contributed by atoms with van der Waals surface area (Å²) < 4.78 is 5.13. The molecule has 0 saturated heterocycles. The third kappa shape index (κ3) is 4.14. The summed E-state index contributed by atoms with van der Waals surface area (Å²) in [6.07, 6.45) is -0.465. The van der Waals surface area contributed by atoms with Gasteiger partial charge in [0.25, 0.3) is 0 Å². The summed E-state index contributed by atoms with van der Waals surface area (Å²) in [5, 5.41) is 2.69. The van der Waals surface area contributed by atoms with Crippen LogP contribution in [-0.4, -0.2) is 6.09 Å². The van der Waals surface area contributed by atoms with Crippen LogP contribution in [0.3, 0.4) is 0 Å². The Morgan fingerprint density at radius 3 is 2.26 bits per heavy atom. The Balaban J connectivity index is 1.82. The van der Waals surface area contributed by atoms with E-state index in [0.717, 1.165) is 11.1 Å². The molecule has 2 aromatic carbocycles. The zero-order valence-electron chi connectivity index (χ0n) is 10.6. The Morgan fingerprint density at radius 1 is 1.05 bits per heavy atom. The maximum absolute atomic E-state index is 11.6. The largest absolute Gasteiger partial charge is 0.445 e. The third-order valence-corrected chi connectivity index (χ3v) is 2.71. The molecule has 0 aliphatic carbocycles. The summed E-state index contributed by atoms with van der Waals surface area (Å²) >= 11 is 0. The van der Waals surface area contributed by atoms with Crippen molar-refractivity contribution < 1.29 is 9.53 Å². The van der Waals surface area contributed by atoms with E-state index in [4.69, 9.17) is 4.74 Å². The lowest BCUT2D eigenvalue weighted by Gasteiger charge is -2.14. The molecule has 97 valence electrons. The Morgan fingerprint density at radius 2 is 1.63 bits per heavy atom. The second-order valence-electron chi connectivity index (χ2n) is 4.17. The molecule has 1 N–H and O–H groups in total. The van der Waals surface area contributed by atoms with Gasteiger partial charge in [-0.25, -0.2) is 4.79 Å². The minimum absolute atomic E-state index is 0.258. The zero-order valence-corrected chi connectivity index (χ0v) is 10.6. The van der Waals surface area contributed by atoms with Crippen LogP contribution in [0.4, 0.5) is 4.79 Å². The number of carbonyl (C=O) groups excluding carboxylic acids is 1. The van der Waals surface area contributed by atoms with E-state index in [1.807, 2.05) is 60.7 Å². The van der Waals surface area contributed by atoms with Crippen LogP contribution in [-0.2, 0) is 11.3 Å². The number of ether oxygens (including phenoxy) is 1. The number of carbonyl (C=O) groups is 1. The van der Waals surface area contributed by atoms with E-state index in [9.17, 15) is 4.79 Å². The Labute approximate surface area is 113 Å². The lowest BCUT2D eigenvalue weighted by molar-refractivity contribution is 0.137. The molecule has 0 unspecified atom stereocenters. The number of nitrogens with one attached hydrogen (secondary N) is 1. The van der Waals surface area contributed by atoms with E-state index in [1.165, 1.54) is 0 Å². The average Bonchev–Trinajstić information content (AvgIpc) is 2.47. The van der Waals surface area contributed by atoms with Gasteiger partial charge in [0, 0.05) is 0 Å². The molecule has 19 heavy (non-hydrogen) atoms. The quantitative estimate of drug-likeness (QED) is 0.907. The normalized spacial score (nSPS) is 11.6. The van der Waals surface area contributed by atoms with E-state index >= 15 is 0 Å². The molecule has 0 aliphatic rings. The lowest BCUT2D eigenvalue weighted by atomic mass is 10.1. The van der Waals surface area contributed by atoms with Crippen molar-refractivity contribution in [3.05, 3.63) is 78.7 Å². The van der Waals surface area contributed by atoms with Crippen LogP contribution in [0.1, 0.15) is 17.2 Å². The maximum Gasteiger partial charge on any atom is 0.407 e. The predicted octanol–water partition coefficient (Wildman–Crippen LogP) is 3.49. The minimum Gasteiger partial charge on any atom is -0.445 e. The molecule has 2 aromatic rings. The molecule has 1 atom stereocenters. The highest BCUT2D eigenvalue weighted by atomic mass is 16.5. The highest BCUT2D eigenvalue weighted by Crippen LogP contribution is 2.11. The smallest absolute Gasteiger partial charge is 0.407 e. The highest BCUT2D eigenvalue weighted by Gasteiger charge is 2.09. The van der Waals surface area contributed by atoms with Gasteiger partial charge in [-0.3, -0.25) is 0 Å². The third-order valence-electron chi connectivity index (χ3n) is 2.71. The van der Waals surface area contributed by atoms with Gasteiger partial charge >= 0.3 is 6.09 Å². The minimum atomic E-state index is -0.465. The van der Waals surface area contributed by atoms with E-state index in [1.54, 1.807) is 0 Å². The average molecular weight is 254 g/mol. The fourth-order valence-electron chi connectivity index (χ4n) is 1.68. The van der Waals surface area contributed by atoms with Gasteiger partial charge in [-0.15, -0.1) is 0 Å². The molecular formula is C16H16NO2. The number of rotatable bonds is 4. The van der Waals surface area contributed by atoms with Crippen molar-refractivity contribution in [2.24, 2.45) is 0 Å². The van der Waals surface area contributed by atoms with Gasteiger partial charge in [-0.1, -0.05) is 60.7 Å². The Kier molecular flexibility index (Phi) is 4.56.